The molecule has 1 heterocycles. The van der Waals surface area contributed by atoms with Gasteiger partial charge in [-0.05, 0) is 20.8 Å². The standard InChI is InChI=1S/C9H21N5O3Si/c1-4-15-18(16-5-2,17-6-3)7-14-9(11)12-8(10)13-14/h4-7H2,1-3H3,(H4,10,11,12,13). The Kier molecular flexibility index (Phi) is 5.53. The van der Waals surface area contributed by atoms with Crippen LogP contribution in [0.4, 0.5) is 11.9 Å². The highest BCUT2D eigenvalue weighted by Gasteiger charge is 2.42. The van der Waals surface area contributed by atoms with E-state index in [0.29, 0.717) is 26.0 Å². The van der Waals surface area contributed by atoms with Crippen molar-refractivity contribution in [3.05, 3.63) is 0 Å². The van der Waals surface area contributed by atoms with Gasteiger partial charge in [0.15, 0.2) is 0 Å². The third-order valence-electron chi connectivity index (χ3n) is 2.15. The van der Waals surface area contributed by atoms with Crippen molar-refractivity contribution in [2.75, 3.05) is 31.3 Å². The summed E-state index contributed by atoms with van der Waals surface area (Å²) in [5, 5.41) is 3.99. The zero-order chi connectivity index (χ0) is 13.6. The fourth-order valence-corrected chi connectivity index (χ4v) is 4.04. The monoisotopic (exact) mass is 275 g/mol. The highest BCUT2D eigenvalue weighted by Crippen LogP contribution is 2.15. The van der Waals surface area contributed by atoms with Gasteiger partial charge in [0.25, 0.3) is 0 Å². The summed E-state index contributed by atoms with van der Waals surface area (Å²) in [5.41, 5.74) is 11.2. The minimum absolute atomic E-state index is 0.125. The summed E-state index contributed by atoms with van der Waals surface area (Å²) in [5.74, 6) is 0.350. The number of rotatable bonds is 8. The van der Waals surface area contributed by atoms with Crippen LogP contribution in [-0.4, -0.2) is 43.4 Å². The van der Waals surface area contributed by atoms with E-state index in [1.165, 1.54) is 4.68 Å². The second-order valence-corrected chi connectivity index (χ2v) is 6.02. The summed E-state index contributed by atoms with van der Waals surface area (Å²) in [6.45, 7) is 7.15. The summed E-state index contributed by atoms with van der Waals surface area (Å²) in [7, 11) is -2.83. The topological polar surface area (TPSA) is 110 Å². The molecule has 0 fully saturated rings. The van der Waals surface area contributed by atoms with E-state index in [1.807, 2.05) is 20.8 Å². The number of hydrogen-bond acceptors (Lipinski definition) is 7. The van der Waals surface area contributed by atoms with Crippen molar-refractivity contribution in [1.29, 1.82) is 0 Å². The van der Waals surface area contributed by atoms with E-state index in [0.717, 1.165) is 0 Å². The first-order valence-electron chi connectivity index (χ1n) is 5.94. The van der Waals surface area contributed by atoms with Crippen LogP contribution in [0.15, 0.2) is 0 Å². The third-order valence-corrected chi connectivity index (χ3v) is 5.03. The van der Waals surface area contributed by atoms with Gasteiger partial charge in [-0.2, -0.15) is 4.98 Å². The summed E-state index contributed by atoms with van der Waals surface area (Å²) >= 11 is 0. The zero-order valence-corrected chi connectivity index (χ0v) is 12.0. The van der Waals surface area contributed by atoms with Gasteiger partial charge in [-0.15, -0.1) is 5.10 Å². The molecule has 104 valence electrons. The van der Waals surface area contributed by atoms with Crippen molar-refractivity contribution in [2.24, 2.45) is 0 Å². The van der Waals surface area contributed by atoms with E-state index < -0.39 is 8.80 Å². The van der Waals surface area contributed by atoms with Gasteiger partial charge in [0.1, 0.15) is 6.17 Å². The smallest absolute Gasteiger partial charge is 0.373 e. The maximum atomic E-state index is 5.70. The molecular formula is C9H21N5O3Si. The molecule has 1 rings (SSSR count). The maximum absolute atomic E-state index is 5.70. The molecule has 0 saturated carbocycles. The lowest BCUT2D eigenvalue weighted by atomic mass is 10.9. The lowest BCUT2D eigenvalue weighted by Crippen LogP contribution is -2.50. The summed E-state index contributed by atoms with van der Waals surface area (Å²) in [4.78, 5) is 3.84. The van der Waals surface area contributed by atoms with Crippen LogP contribution >= 0.6 is 0 Å². The first-order chi connectivity index (χ1) is 8.56. The van der Waals surface area contributed by atoms with Crippen molar-refractivity contribution in [1.82, 2.24) is 14.8 Å². The second-order valence-electron chi connectivity index (χ2n) is 3.47. The lowest BCUT2D eigenvalue weighted by molar-refractivity contribution is 0.0641. The molecule has 0 bridgehead atoms. The fraction of sp³-hybridized carbons (Fsp3) is 0.778. The van der Waals surface area contributed by atoms with Gasteiger partial charge >= 0.3 is 8.80 Å². The summed E-state index contributed by atoms with van der Waals surface area (Å²) < 4.78 is 18.5. The Morgan fingerprint density at radius 1 is 1.06 bits per heavy atom. The number of nitrogens with zero attached hydrogens (tertiary/aromatic N) is 3. The average Bonchev–Trinajstić information content (AvgIpc) is 2.58. The molecule has 0 radical (unpaired) electrons. The van der Waals surface area contributed by atoms with E-state index in [4.69, 9.17) is 24.7 Å². The Bertz CT molecular complexity index is 356. The molecule has 0 aliphatic heterocycles. The van der Waals surface area contributed by atoms with Crippen LogP contribution < -0.4 is 11.5 Å². The quantitative estimate of drug-likeness (QED) is 0.644. The Morgan fingerprint density at radius 2 is 1.56 bits per heavy atom. The van der Waals surface area contributed by atoms with Crippen LogP contribution in [0.3, 0.4) is 0 Å². The molecule has 0 aliphatic rings. The largest absolute Gasteiger partial charge is 0.523 e. The number of aromatic nitrogens is 3. The van der Waals surface area contributed by atoms with Gasteiger partial charge in [-0.25, -0.2) is 4.68 Å². The minimum Gasteiger partial charge on any atom is -0.373 e. The lowest BCUT2D eigenvalue weighted by Gasteiger charge is -2.28. The van der Waals surface area contributed by atoms with Gasteiger partial charge in [-0.1, -0.05) is 0 Å². The molecule has 9 heteroatoms. The molecule has 4 N–H and O–H groups in total. The SMILES string of the molecule is CCO[Si](Cn1nc(N)nc1N)(OCC)OCC. The predicted molar refractivity (Wildman–Crippen MR) is 69.5 cm³/mol. The zero-order valence-electron chi connectivity index (χ0n) is 11.0. The Labute approximate surface area is 108 Å². The maximum Gasteiger partial charge on any atom is 0.523 e. The van der Waals surface area contributed by atoms with Crippen molar-refractivity contribution >= 4 is 20.7 Å². The summed E-state index contributed by atoms with van der Waals surface area (Å²) in [6, 6.07) is 0. The Balaban J connectivity index is 2.91. The highest BCUT2D eigenvalue weighted by molar-refractivity contribution is 6.59. The molecule has 0 atom stereocenters. The third kappa shape index (κ3) is 3.67. The number of hydrogen-bond donors (Lipinski definition) is 2. The molecule has 0 aliphatic carbocycles. The summed E-state index contributed by atoms with van der Waals surface area (Å²) in [6.07, 6.45) is 0.304. The van der Waals surface area contributed by atoms with Gasteiger partial charge < -0.3 is 24.7 Å². The normalized spacial score (nSPS) is 11.9. The molecular weight excluding hydrogens is 254 g/mol. The van der Waals surface area contributed by atoms with Gasteiger partial charge in [0.2, 0.25) is 11.9 Å². The first kappa shape index (κ1) is 14.9. The van der Waals surface area contributed by atoms with E-state index in [9.17, 15) is 0 Å². The van der Waals surface area contributed by atoms with Crippen LogP contribution in [0.25, 0.3) is 0 Å². The molecule has 18 heavy (non-hydrogen) atoms. The number of anilines is 2. The van der Waals surface area contributed by atoms with Crippen molar-refractivity contribution < 1.29 is 13.3 Å². The number of nitrogens with two attached hydrogens (primary N) is 2. The number of nitrogen functional groups attached to an aromatic ring is 2. The Morgan fingerprint density at radius 3 is 1.89 bits per heavy atom. The fourth-order valence-electron chi connectivity index (χ4n) is 1.59. The van der Waals surface area contributed by atoms with E-state index in [2.05, 4.69) is 10.1 Å². The molecule has 0 aromatic carbocycles. The van der Waals surface area contributed by atoms with E-state index in [1.54, 1.807) is 0 Å². The highest BCUT2D eigenvalue weighted by atomic mass is 28.4. The molecule has 0 saturated heterocycles. The molecule has 8 nitrogen and oxygen atoms in total. The van der Waals surface area contributed by atoms with Gasteiger partial charge in [0.05, 0.1) is 0 Å². The van der Waals surface area contributed by atoms with Crippen LogP contribution in [-0.2, 0) is 19.4 Å². The molecule has 0 unspecified atom stereocenters. The van der Waals surface area contributed by atoms with Crippen molar-refractivity contribution in [3.63, 3.8) is 0 Å². The van der Waals surface area contributed by atoms with E-state index in [-0.39, 0.29) is 11.9 Å². The average molecular weight is 275 g/mol. The van der Waals surface area contributed by atoms with E-state index >= 15 is 0 Å². The second kappa shape index (κ2) is 6.68. The Hall–Kier alpha value is -1.16. The van der Waals surface area contributed by atoms with Gasteiger partial charge in [0, 0.05) is 19.8 Å². The first-order valence-corrected chi connectivity index (χ1v) is 7.87. The van der Waals surface area contributed by atoms with Crippen molar-refractivity contribution in [2.45, 2.75) is 26.9 Å². The predicted octanol–water partition coefficient (Wildman–Crippen LogP) is 0.0301. The van der Waals surface area contributed by atoms with Crippen LogP contribution in [0.2, 0.25) is 0 Å². The minimum atomic E-state index is -2.83. The molecule has 0 amide bonds. The van der Waals surface area contributed by atoms with Crippen LogP contribution in [0.1, 0.15) is 20.8 Å². The van der Waals surface area contributed by atoms with Crippen molar-refractivity contribution in [3.8, 4) is 0 Å². The molecule has 1 aromatic heterocycles. The van der Waals surface area contributed by atoms with Crippen LogP contribution in [0.5, 0.6) is 0 Å². The van der Waals surface area contributed by atoms with Gasteiger partial charge in [-0.3, -0.25) is 0 Å². The molecule has 1 aromatic rings. The molecule has 0 spiro atoms. The van der Waals surface area contributed by atoms with Crippen LogP contribution in [0, 0.1) is 0 Å².